The van der Waals surface area contributed by atoms with Crippen molar-refractivity contribution in [3.8, 4) is 0 Å². The highest BCUT2D eigenvalue weighted by Gasteiger charge is 2.32. The quantitative estimate of drug-likeness (QED) is 0.539. The van der Waals surface area contributed by atoms with Crippen LogP contribution in [0, 0.1) is 5.41 Å². The van der Waals surface area contributed by atoms with Crippen LogP contribution in [0.25, 0.3) is 0 Å². The normalized spacial score (nSPS) is 32.2. The minimum atomic E-state index is -0.401. The fourth-order valence-corrected chi connectivity index (χ4v) is 2.34. The first kappa shape index (κ1) is 11.8. The molecule has 1 N–H and O–H groups in total. The van der Waals surface area contributed by atoms with Crippen LogP contribution in [0.2, 0.25) is 0 Å². The van der Waals surface area contributed by atoms with Gasteiger partial charge in [-0.05, 0) is 43.9 Å². The molecule has 0 aromatic rings. The van der Waals surface area contributed by atoms with E-state index in [0.717, 1.165) is 32.1 Å². The maximum atomic E-state index is 10.4. The van der Waals surface area contributed by atoms with Gasteiger partial charge in [-0.25, -0.2) is 0 Å². The summed E-state index contributed by atoms with van der Waals surface area (Å²) < 4.78 is 0. The van der Waals surface area contributed by atoms with Crippen molar-refractivity contribution >= 4 is 0 Å². The molecule has 1 heteroatoms. The molecular formula is C13H24O. The third kappa shape index (κ3) is 3.45. The molecule has 0 bridgehead atoms. The van der Waals surface area contributed by atoms with Gasteiger partial charge in [0.15, 0.2) is 0 Å². The van der Waals surface area contributed by atoms with E-state index in [0.29, 0.717) is 5.41 Å². The molecule has 1 aliphatic carbocycles. The van der Waals surface area contributed by atoms with Gasteiger partial charge in [0.2, 0.25) is 0 Å². The molecule has 0 heterocycles. The van der Waals surface area contributed by atoms with Gasteiger partial charge in [-0.1, -0.05) is 26.3 Å². The SMILES string of the molecule is C=CCCC1(O)CCCC(C)(C)CC1. The summed E-state index contributed by atoms with van der Waals surface area (Å²) in [5.41, 5.74) is 0.0284. The fraction of sp³-hybridized carbons (Fsp3) is 0.846. The van der Waals surface area contributed by atoms with Gasteiger partial charge >= 0.3 is 0 Å². The smallest absolute Gasteiger partial charge is 0.0651 e. The molecule has 0 radical (unpaired) electrons. The summed E-state index contributed by atoms with van der Waals surface area (Å²) in [5, 5.41) is 10.4. The minimum absolute atomic E-state index is 0.401. The first-order valence-corrected chi connectivity index (χ1v) is 5.81. The molecule has 0 amide bonds. The van der Waals surface area contributed by atoms with Gasteiger partial charge in [0.25, 0.3) is 0 Å². The largest absolute Gasteiger partial charge is 0.390 e. The summed E-state index contributed by atoms with van der Waals surface area (Å²) >= 11 is 0. The molecule has 1 atom stereocenters. The molecule has 14 heavy (non-hydrogen) atoms. The maximum Gasteiger partial charge on any atom is 0.0651 e. The Morgan fingerprint density at radius 3 is 2.57 bits per heavy atom. The molecule has 0 saturated heterocycles. The van der Waals surface area contributed by atoms with Crippen LogP contribution >= 0.6 is 0 Å². The average molecular weight is 196 g/mol. The number of hydrogen-bond donors (Lipinski definition) is 1. The van der Waals surface area contributed by atoms with Gasteiger partial charge in [-0.15, -0.1) is 6.58 Å². The lowest BCUT2D eigenvalue weighted by atomic mass is 9.83. The molecule has 82 valence electrons. The first-order valence-electron chi connectivity index (χ1n) is 5.81. The van der Waals surface area contributed by atoms with E-state index in [4.69, 9.17) is 0 Å². The lowest BCUT2D eigenvalue weighted by molar-refractivity contribution is 0.0149. The van der Waals surface area contributed by atoms with Crippen molar-refractivity contribution in [3.05, 3.63) is 12.7 Å². The van der Waals surface area contributed by atoms with Crippen molar-refractivity contribution in [1.29, 1.82) is 0 Å². The van der Waals surface area contributed by atoms with Crippen molar-refractivity contribution in [2.24, 2.45) is 5.41 Å². The van der Waals surface area contributed by atoms with Crippen LogP contribution in [0.4, 0.5) is 0 Å². The fourth-order valence-electron chi connectivity index (χ4n) is 2.34. The Morgan fingerprint density at radius 1 is 1.21 bits per heavy atom. The summed E-state index contributed by atoms with van der Waals surface area (Å²) in [6.07, 6.45) is 9.26. The van der Waals surface area contributed by atoms with E-state index in [1.54, 1.807) is 0 Å². The van der Waals surface area contributed by atoms with Gasteiger partial charge in [0.1, 0.15) is 0 Å². The summed E-state index contributed by atoms with van der Waals surface area (Å²) in [4.78, 5) is 0. The third-order valence-electron chi connectivity index (χ3n) is 3.58. The van der Waals surface area contributed by atoms with Gasteiger partial charge in [0.05, 0.1) is 5.60 Å². The van der Waals surface area contributed by atoms with E-state index in [2.05, 4.69) is 20.4 Å². The molecular weight excluding hydrogens is 172 g/mol. The second-order valence-electron chi connectivity index (χ2n) is 5.57. The van der Waals surface area contributed by atoms with Crippen molar-refractivity contribution in [2.45, 2.75) is 64.4 Å². The molecule has 0 spiro atoms. The molecule has 1 nitrogen and oxygen atoms in total. The molecule has 0 aliphatic heterocycles. The molecule has 1 unspecified atom stereocenters. The molecule has 0 aromatic carbocycles. The standard InChI is InChI=1S/C13H24O/c1-4-5-8-13(14)9-6-7-12(2,3)10-11-13/h4,14H,1,5-11H2,2-3H3. The van der Waals surface area contributed by atoms with Crippen molar-refractivity contribution in [2.75, 3.05) is 0 Å². The van der Waals surface area contributed by atoms with Crippen LogP contribution in [-0.2, 0) is 0 Å². The Kier molecular flexibility index (Phi) is 3.77. The molecule has 1 saturated carbocycles. The van der Waals surface area contributed by atoms with Crippen molar-refractivity contribution in [3.63, 3.8) is 0 Å². The maximum absolute atomic E-state index is 10.4. The Hall–Kier alpha value is -0.300. The van der Waals surface area contributed by atoms with E-state index in [1.807, 2.05) is 6.08 Å². The predicted octanol–water partition coefficient (Wildman–Crippen LogP) is 3.67. The van der Waals surface area contributed by atoms with Crippen LogP contribution in [-0.4, -0.2) is 10.7 Å². The average Bonchev–Trinajstić information content (AvgIpc) is 2.24. The van der Waals surface area contributed by atoms with Crippen LogP contribution in [0.1, 0.15) is 58.8 Å². The zero-order chi connectivity index (χ0) is 10.7. The zero-order valence-corrected chi connectivity index (χ0v) is 9.68. The molecule has 1 aliphatic rings. The molecule has 0 aromatic heterocycles. The van der Waals surface area contributed by atoms with Crippen molar-refractivity contribution < 1.29 is 5.11 Å². The van der Waals surface area contributed by atoms with E-state index < -0.39 is 5.60 Å². The molecule has 1 rings (SSSR count). The van der Waals surface area contributed by atoms with Crippen LogP contribution in [0.15, 0.2) is 12.7 Å². The number of rotatable bonds is 3. The number of hydrogen-bond acceptors (Lipinski definition) is 1. The summed E-state index contributed by atoms with van der Waals surface area (Å²) in [5.74, 6) is 0. The number of allylic oxidation sites excluding steroid dienone is 1. The molecule has 1 fully saturated rings. The highest BCUT2D eigenvalue weighted by Crippen LogP contribution is 2.39. The van der Waals surface area contributed by atoms with E-state index in [1.165, 1.54) is 12.8 Å². The minimum Gasteiger partial charge on any atom is -0.390 e. The van der Waals surface area contributed by atoms with Crippen molar-refractivity contribution in [1.82, 2.24) is 0 Å². The monoisotopic (exact) mass is 196 g/mol. The van der Waals surface area contributed by atoms with Crippen LogP contribution in [0.3, 0.4) is 0 Å². The Bertz CT molecular complexity index is 195. The van der Waals surface area contributed by atoms with E-state index in [9.17, 15) is 5.11 Å². The van der Waals surface area contributed by atoms with Gasteiger partial charge in [0, 0.05) is 0 Å². The Labute approximate surface area is 88.2 Å². The second-order valence-corrected chi connectivity index (χ2v) is 5.57. The first-order chi connectivity index (χ1) is 6.47. The topological polar surface area (TPSA) is 20.2 Å². The zero-order valence-electron chi connectivity index (χ0n) is 9.68. The highest BCUT2D eigenvalue weighted by atomic mass is 16.3. The highest BCUT2D eigenvalue weighted by molar-refractivity contribution is 4.87. The summed E-state index contributed by atoms with van der Waals surface area (Å²) in [6.45, 7) is 8.34. The lowest BCUT2D eigenvalue weighted by Gasteiger charge is -2.27. The number of aliphatic hydroxyl groups is 1. The summed E-state index contributed by atoms with van der Waals surface area (Å²) in [7, 11) is 0. The lowest BCUT2D eigenvalue weighted by Crippen LogP contribution is -2.27. The third-order valence-corrected chi connectivity index (χ3v) is 3.58. The Morgan fingerprint density at radius 2 is 1.93 bits per heavy atom. The summed E-state index contributed by atoms with van der Waals surface area (Å²) in [6, 6.07) is 0. The Balaban J connectivity index is 2.51. The second kappa shape index (κ2) is 4.48. The van der Waals surface area contributed by atoms with E-state index in [-0.39, 0.29) is 0 Å². The van der Waals surface area contributed by atoms with Crippen LogP contribution in [0.5, 0.6) is 0 Å². The predicted molar refractivity (Wildman–Crippen MR) is 61.2 cm³/mol. The van der Waals surface area contributed by atoms with Gasteiger partial charge in [-0.2, -0.15) is 0 Å². The van der Waals surface area contributed by atoms with Crippen LogP contribution < -0.4 is 0 Å². The van der Waals surface area contributed by atoms with Gasteiger partial charge < -0.3 is 5.11 Å². The van der Waals surface area contributed by atoms with Gasteiger partial charge in [-0.3, -0.25) is 0 Å². The van der Waals surface area contributed by atoms with E-state index >= 15 is 0 Å².